The number of rotatable bonds is 1. The van der Waals surface area contributed by atoms with Crippen molar-refractivity contribution in [1.82, 2.24) is 4.98 Å². The molecule has 1 aliphatic rings. The minimum absolute atomic E-state index is 0.0195. The van der Waals surface area contributed by atoms with Crippen LogP contribution in [-0.4, -0.2) is 16.9 Å². The number of fused-ring (bicyclic) bond motifs is 1. The fraction of sp³-hybridized carbons (Fsp3) is 0.250. The molecule has 0 saturated carbocycles. The van der Waals surface area contributed by atoms with Crippen molar-refractivity contribution in [3.05, 3.63) is 58.9 Å². The quantitative estimate of drug-likeness (QED) is 0.749. The van der Waals surface area contributed by atoms with E-state index in [-0.39, 0.29) is 11.9 Å². The minimum Gasteiger partial charge on any atom is -0.305 e. The van der Waals surface area contributed by atoms with Crippen LogP contribution in [0, 0.1) is 0 Å². The molecule has 0 bridgehead atoms. The predicted molar refractivity (Wildman–Crippen MR) is 80.3 cm³/mol. The Balaban J connectivity index is 2.03. The molecule has 1 amide bonds. The summed E-state index contributed by atoms with van der Waals surface area (Å²) in [6.07, 6.45) is 3.55. The summed E-state index contributed by atoms with van der Waals surface area (Å²) < 4.78 is 0. The lowest BCUT2D eigenvalue weighted by Gasteiger charge is -2.35. The number of carbonyl (C=O) groups is 1. The number of anilines is 1. The molecule has 0 aliphatic carbocycles. The monoisotopic (exact) mass is 286 g/mol. The molecule has 1 atom stereocenters. The first-order valence-corrected chi connectivity index (χ1v) is 7.07. The smallest absolute Gasteiger partial charge is 0.258 e. The standard InChI is InChI=1S/C16H15ClN2O/c1-11-6-7-12-4-2-3-5-14(12)19(11)16(20)13-8-9-18-15(17)10-13/h2-5,8-11H,6-7H2,1H3. The summed E-state index contributed by atoms with van der Waals surface area (Å²) in [5, 5.41) is 0.341. The molecule has 1 aliphatic heterocycles. The molecule has 1 aromatic heterocycles. The van der Waals surface area contributed by atoms with E-state index < -0.39 is 0 Å². The molecular weight excluding hydrogens is 272 g/mol. The van der Waals surface area contributed by atoms with E-state index >= 15 is 0 Å². The maximum absolute atomic E-state index is 12.8. The molecule has 0 N–H and O–H groups in total. The van der Waals surface area contributed by atoms with E-state index in [4.69, 9.17) is 11.6 Å². The van der Waals surface area contributed by atoms with Crippen molar-refractivity contribution in [3.63, 3.8) is 0 Å². The van der Waals surface area contributed by atoms with Crippen LogP contribution in [0.4, 0.5) is 5.69 Å². The molecule has 1 unspecified atom stereocenters. The number of pyridine rings is 1. The zero-order valence-corrected chi connectivity index (χ0v) is 12.0. The van der Waals surface area contributed by atoms with Crippen LogP contribution in [-0.2, 0) is 6.42 Å². The van der Waals surface area contributed by atoms with E-state index in [1.165, 1.54) is 5.56 Å². The van der Waals surface area contributed by atoms with E-state index in [0.717, 1.165) is 18.5 Å². The van der Waals surface area contributed by atoms with Gasteiger partial charge in [-0.05, 0) is 43.5 Å². The average molecular weight is 287 g/mol. The van der Waals surface area contributed by atoms with Gasteiger partial charge in [-0.3, -0.25) is 4.79 Å². The molecule has 4 heteroatoms. The van der Waals surface area contributed by atoms with E-state index in [1.54, 1.807) is 18.3 Å². The second kappa shape index (κ2) is 5.25. The summed E-state index contributed by atoms with van der Waals surface area (Å²) in [5.74, 6) is -0.0195. The molecule has 3 rings (SSSR count). The molecule has 2 aromatic rings. The second-order valence-electron chi connectivity index (χ2n) is 5.06. The van der Waals surface area contributed by atoms with E-state index in [2.05, 4.69) is 18.0 Å². The lowest BCUT2D eigenvalue weighted by Crippen LogP contribution is -2.42. The van der Waals surface area contributed by atoms with Crippen molar-refractivity contribution in [1.29, 1.82) is 0 Å². The van der Waals surface area contributed by atoms with Gasteiger partial charge in [0.25, 0.3) is 5.91 Å². The Morgan fingerprint density at radius 2 is 2.15 bits per heavy atom. The first-order valence-electron chi connectivity index (χ1n) is 6.70. The van der Waals surface area contributed by atoms with Gasteiger partial charge in [0.1, 0.15) is 5.15 Å². The molecular formula is C16H15ClN2O. The predicted octanol–water partition coefficient (Wildman–Crippen LogP) is 3.72. The van der Waals surface area contributed by atoms with Crippen LogP contribution in [0.3, 0.4) is 0 Å². The van der Waals surface area contributed by atoms with Gasteiger partial charge in [0.15, 0.2) is 0 Å². The van der Waals surface area contributed by atoms with Gasteiger partial charge in [-0.1, -0.05) is 29.8 Å². The number of hydrogen-bond donors (Lipinski definition) is 0. The topological polar surface area (TPSA) is 33.2 Å². The Kier molecular flexibility index (Phi) is 3.45. The fourth-order valence-electron chi connectivity index (χ4n) is 2.67. The number of carbonyl (C=O) groups excluding carboxylic acids is 1. The SMILES string of the molecule is CC1CCc2ccccc2N1C(=O)c1ccnc(Cl)c1. The van der Waals surface area contributed by atoms with Crippen LogP contribution in [0.2, 0.25) is 5.15 Å². The van der Waals surface area contributed by atoms with Crippen molar-refractivity contribution in [2.45, 2.75) is 25.8 Å². The zero-order chi connectivity index (χ0) is 14.1. The summed E-state index contributed by atoms with van der Waals surface area (Å²) in [6.45, 7) is 2.08. The van der Waals surface area contributed by atoms with Crippen molar-refractivity contribution in [2.75, 3.05) is 4.90 Å². The normalized spacial score (nSPS) is 17.7. The molecule has 1 aromatic carbocycles. The Morgan fingerprint density at radius 1 is 1.35 bits per heavy atom. The Bertz CT molecular complexity index is 656. The highest BCUT2D eigenvalue weighted by molar-refractivity contribution is 6.29. The summed E-state index contributed by atoms with van der Waals surface area (Å²) in [4.78, 5) is 18.6. The first-order chi connectivity index (χ1) is 9.66. The van der Waals surface area contributed by atoms with Crippen molar-refractivity contribution in [3.8, 4) is 0 Å². The summed E-state index contributed by atoms with van der Waals surface area (Å²) in [5.41, 5.74) is 2.80. The second-order valence-corrected chi connectivity index (χ2v) is 5.45. The van der Waals surface area contributed by atoms with Gasteiger partial charge in [0.2, 0.25) is 0 Å². The minimum atomic E-state index is -0.0195. The third kappa shape index (κ3) is 2.29. The third-order valence-corrected chi connectivity index (χ3v) is 3.92. The maximum atomic E-state index is 12.8. The Hall–Kier alpha value is -1.87. The molecule has 2 heterocycles. The van der Waals surface area contributed by atoms with Gasteiger partial charge in [0, 0.05) is 23.5 Å². The number of para-hydroxylation sites is 1. The number of amides is 1. The molecule has 0 saturated heterocycles. The summed E-state index contributed by atoms with van der Waals surface area (Å²) in [7, 11) is 0. The summed E-state index contributed by atoms with van der Waals surface area (Å²) >= 11 is 5.88. The van der Waals surface area contributed by atoms with Gasteiger partial charge in [0.05, 0.1) is 0 Å². The van der Waals surface area contributed by atoms with E-state index in [0.29, 0.717) is 10.7 Å². The fourth-order valence-corrected chi connectivity index (χ4v) is 2.85. The molecule has 102 valence electrons. The largest absolute Gasteiger partial charge is 0.305 e. The van der Waals surface area contributed by atoms with Gasteiger partial charge in [-0.2, -0.15) is 0 Å². The molecule has 3 nitrogen and oxygen atoms in total. The first kappa shape index (κ1) is 13.1. The lowest BCUT2D eigenvalue weighted by atomic mass is 9.96. The number of benzene rings is 1. The Labute approximate surface area is 123 Å². The highest BCUT2D eigenvalue weighted by Gasteiger charge is 2.28. The van der Waals surface area contributed by atoms with Gasteiger partial charge in [-0.15, -0.1) is 0 Å². The lowest BCUT2D eigenvalue weighted by molar-refractivity contribution is 0.0975. The number of hydrogen-bond acceptors (Lipinski definition) is 2. The number of aryl methyl sites for hydroxylation is 1. The number of halogens is 1. The number of aromatic nitrogens is 1. The highest BCUT2D eigenvalue weighted by atomic mass is 35.5. The van der Waals surface area contributed by atoms with Crippen LogP contribution < -0.4 is 4.90 Å². The van der Waals surface area contributed by atoms with Crippen LogP contribution >= 0.6 is 11.6 Å². The van der Waals surface area contributed by atoms with Crippen molar-refractivity contribution < 1.29 is 4.79 Å². The van der Waals surface area contributed by atoms with Gasteiger partial charge < -0.3 is 4.90 Å². The van der Waals surface area contributed by atoms with Crippen LogP contribution in [0.15, 0.2) is 42.6 Å². The van der Waals surface area contributed by atoms with Crippen LogP contribution in [0.1, 0.15) is 29.3 Å². The third-order valence-electron chi connectivity index (χ3n) is 3.72. The molecule has 0 fully saturated rings. The summed E-state index contributed by atoms with van der Waals surface area (Å²) in [6, 6.07) is 11.6. The van der Waals surface area contributed by atoms with E-state index in [1.807, 2.05) is 23.1 Å². The molecule has 20 heavy (non-hydrogen) atoms. The highest BCUT2D eigenvalue weighted by Crippen LogP contribution is 2.31. The van der Waals surface area contributed by atoms with Crippen molar-refractivity contribution in [2.24, 2.45) is 0 Å². The molecule has 0 radical (unpaired) electrons. The van der Waals surface area contributed by atoms with Crippen LogP contribution in [0.25, 0.3) is 0 Å². The molecule has 0 spiro atoms. The van der Waals surface area contributed by atoms with Gasteiger partial charge >= 0.3 is 0 Å². The number of nitrogens with zero attached hydrogens (tertiary/aromatic N) is 2. The van der Waals surface area contributed by atoms with Gasteiger partial charge in [-0.25, -0.2) is 4.98 Å². The Morgan fingerprint density at radius 3 is 2.95 bits per heavy atom. The maximum Gasteiger partial charge on any atom is 0.258 e. The zero-order valence-electron chi connectivity index (χ0n) is 11.2. The average Bonchev–Trinajstić information content (AvgIpc) is 2.46. The van der Waals surface area contributed by atoms with Crippen LogP contribution in [0.5, 0.6) is 0 Å². The van der Waals surface area contributed by atoms with E-state index in [9.17, 15) is 4.79 Å². The van der Waals surface area contributed by atoms with Crippen molar-refractivity contribution >= 4 is 23.2 Å².